The largest absolute Gasteiger partial charge is 0.507 e. The third-order valence-corrected chi connectivity index (χ3v) is 3.70. The predicted octanol–water partition coefficient (Wildman–Crippen LogP) is 3.41. The van der Waals surface area contributed by atoms with Crippen LogP contribution < -0.4 is 10.1 Å². The molecule has 1 amide bonds. The lowest BCUT2D eigenvalue weighted by Gasteiger charge is -2.14. The highest BCUT2D eigenvalue weighted by molar-refractivity contribution is 7.14. The molecule has 112 valence electrons. The molecule has 0 bridgehead atoms. The number of amides is 1. The Kier molecular flexibility index (Phi) is 4.18. The number of ether oxygens (including phenoxy) is 1. The van der Waals surface area contributed by atoms with E-state index in [0.29, 0.717) is 10.9 Å². The Labute approximate surface area is 127 Å². The first-order valence-corrected chi connectivity index (χ1v) is 7.33. The van der Waals surface area contributed by atoms with Crippen LogP contribution in [-0.4, -0.2) is 23.1 Å². The summed E-state index contributed by atoms with van der Waals surface area (Å²) >= 11 is 1.36. The Balaban J connectivity index is 2.16. The molecule has 6 heteroatoms. The summed E-state index contributed by atoms with van der Waals surface area (Å²) in [7, 11) is 1.50. The molecule has 0 radical (unpaired) electrons. The first-order valence-electron chi connectivity index (χ1n) is 6.45. The maximum absolute atomic E-state index is 12.1. The predicted molar refractivity (Wildman–Crippen MR) is 83.4 cm³/mol. The van der Waals surface area contributed by atoms with Crippen molar-refractivity contribution >= 4 is 22.4 Å². The second-order valence-corrected chi connectivity index (χ2v) is 6.48. The van der Waals surface area contributed by atoms with Crippen LogP contribution in [0.25, 0.3) is 0 Å². The Morgan fingerprint density at radius 3 is 2.62 bits per heavy atom. The molecule has 21 heavy (non-hydrogen) atoms. The number of anilines is 1. The van der Waals surface area contributed by atoms with Crippen LogP contribution in [0.1, 0.15) is 36.8 Å². The summed E-state index contributed by atoms with van der Waals surface area (Å²) in [6.07, 6.45) is 0. The fraction of sp³-hybridized carbons (Fsp3) is 0.333. The van der Waals surface area contributed by atoms with Crippen LogP contribution in [0.4, 0.5) is 5.13 Å². The fourth-order valence-corrected chi connectivity index (χ4v) is 2.60. The zero-order chi connectivity index (χ0) is 15.6. The maximum Gasteiger partial charge on any atom is 0.261 e. The molecule has 1 heterocycles. The molecular weight excluding hydrogens is 288 g/mol. The van der Waals surface area contributed by atoms with Gasteiger partial charge in [0.2, 0.25) is 0 Å². The van der Waals surface area contributed by atoms with Crippen LogP contribution in [0.15, 0.2) is 23.6 Å². The van der Waals surface area contributed by atoms with Gasteiger partial charge < -0.3 is 9.84 Å². The minimum Gasteiger partial charge on any atom is -0.507 e. The van der Waals surface area contributed by atoms with Crippen molar-refractivity contribution in [2.75, 3.05) is 12.4 Å². The molecule has 2 N–H and O–H groups in total. The number of nitrogens with one attached hydrogen (secondary N) is 1. The number of methoxy groups -OCH3 is 1. The van der Waals surface area contributed by atoms with E-state index in [0.717, 1.165) is 5.69 Å². The maximum atomic E-state index is 12.1. The van der Waals surface area contributed by atoms with E-state index >= 15 is 0 Å². The zero-order valence-corrected chi connectivity index (χ0v) is 13.2. The van der Waals surface area contributed by atoms with Gasteiger partial charge >= 0.3 is 0 Å². The molecule has 2 rings (SSSR count). The zero-order valence-electron chi connectivity index (χ0n) is 12.4. The van der Waals surface area contributed by atoms with Gasteiger partial charge in [-0.3, -0.25) is 10.1 Å². The molecule has 5 nitrogen and oxygen atoms in total. The number of phenols is 1. The van der Waals surface area contributed by atoms with Gasteiger partial charge in [-0.25, -0.2) is 4.98 Å². The van der Waals surface area contributed by atoms with E-state index < -0.39 is 5.91 Å². The number of rotatable bonds is 3. The smallest absolute Gasteiger partial charge is 0.261 e. The summed E-state index contributed by atoms with van der Waals surface area (Å²) in [5.74, 6) is -0.0299. The molecule has 0 aliphatic carbocycles. The highest BCUT2D eigenvalue weighted by atomic mass is 32.1. The van der Waals surface area contributed by atoms with E-state index in [9.17, 15) is 9.90 Å². The van der Waals surface area contributed by atoms with E-state index in [1.807, 2.05) is 5.38 Å². The van der Waals surface area contributed by atoms with Gasteiger partial charge in [-0.2, -0.15) is 0 Å². The topological polar surface area (TPSA) is 71.5 Å². The van der Waals surface area contributed by atoms with Crippen molar-refractivity contribution in [3.8, 4) is 11.5 Å². The summed E-state index contributed by atoms with van der Waals surface area (Å²) < 4.78 is 4.99. The second-order valence-electron chi connectivity index (χ2n) is 5.63. The van der Waals surface area contributed by atoms with Crippen molar-refractivity contribution in [3.63, 3.8) is 0 Å². The van der Waals surface area contributed by atoms with E-state index in [1.165, 1.54) is 30.6 Å². The highest BCUT2D eigenvalue weighted by Crippen LogP contribution is 2.28. The fourth-order valence-electron chi connectivity index (χ4n) is 1.67. The number of nitrogens with zero attached hydrogens (tertiary/aromatic N) is 1. The van der Waals surface area contributed by atoms with Crippen LogP contribution >= 0.6 is 11.3 Å². The minimum absolute atomic E-state index is 0.0677. The van der Waals surface area contributed by atoms with Gasteiger partial charge in [0.15, 0.2) is 5.13 Å². The normalized spacial score (nSPS) is 11.2. The van der Waals surface area contributed by atoms with Crippen molar-refractivity contribution in [1.29, 1.82) is 0 Å². The van der Waals surface area contributed by atoms with E-state index in [4.69, 9.17) is 4.74 Å². The van der Waals surface area contributed by atoms with E-state index in [1.54, 1.807) is 6.07 Å². The quantitative estimate of drug-likeness (QED) is 0.911. The lowest BCUT2D eigenvalue weighted by atomic mass is 9.93. The van der Waals surface area contributed by atoms with Gasteiger partial charge in [-0.15, -0.1) is 11.3 Å². The number of hydrogen-bond donors (Lipinski definition) is 2. The SMILES string of the molecule is COc1ccc(C(=O)Nc2nc(C(C)(C)C)cs2)c(O)c1. The van der Waals surface area contributed by atoms with Crippen molar-refractivity contribution in [2.45, 2.75) is 26.2 Å². The van der Waals surface area contributed by atoms with Crippen LogP contribution in [0.2, 0.25) is 0 Å². The average Bonchev–Trinajstić information content (AvgIpc) is 2.86. The number of thiazole rings is 1. The average molecular weight is 306 g/mol. The monoisotopic (exact) mass is 306 g/mol. The minimum atomic E-state index is -0.398. The molecule has 0 saturated carbocycles. The van der Waals surface area contributed by atoms with Crippen LogP contribution in [-0.2, 0) is 5.41 Å². The van der Waals surface area contributed by atoms with Crippen molar-refractivity contribution in [1.82, 2.24) is 4.98 Å². The number of aromatic nitrogens is 1. The van der Waals surface area contributed by atoms with E-state index in [2.05, 4.69) is 31.1 Å². The van der Waals surface area contributed by atoms with Crippen molar-refractivity contribution < 1.29 is 14.6 Å². The van der Waals surface area contributed by atoms with Gasteiger partial charge in [0.1, 0.15) is 11.5 Å². The summed E-state index contributed by atoms with van der Waals surface area (Å²) in [4.78, 5) is 16.5. The highest BCUT2D eigenvalue weighted by Gasteiger charge is 2.19. The molecule has 1 aromatic carbocycles. The Hall–Kier alpha value is -2.08. The number of aromatic hydroxyl groups is 1. The molecule has 0 spiro atoms. The Morgan fingerprint density at radius 1 is 1.38 bits per heavy atom. The molecular formula is C15H18N2O3S. The van der Waals surface area contributed by atoms with Crippen LogP contribution in [0.3, 0.4) is 0 Å². The molecule has 0 aliphatic rings. The van der Waals surface area contributed by atoms with Crippen LogP contribution in [0, 0.1) is 0 Å². The van der Waals surface area contributed by atoms with Crippen LogP contribution in [0.5, 0.6) is 11.5 Å². The van der Waals surface area contributed by atoms with Gasteiger partial charge in [0, 0.05) is 16.9 Å². The molecule has 0 aliphatic heterocycles. The molecule has 0 unspecified atom stereocenters. The summed E-state index contributed by atoms with van der Waals surface area (Å²) in [6, 6.07) is 4.54. The Morgan fingerprint density at radius 2 is 2.10 bits per heavy atom. The number of phenolic OH excluding ortho intramolecular Hbond substituents is 1. The van der Waals surface area contributed by atoms with Gasteiger partial charge in [-0.05, 0) is 12.1 Å². The third-order valence-electron chi connectivity index (χ3n) is 2.94. The second kappa shape index (κ2) is 5.73. The van der Waals surface area contributed by atoms with Gasteiger partial charge in [-0.1, -0.05) is 20.8 Å². The molecule has 0 atom stereocenters. The third kappa shape index (κ3) is 3.52. The number of hydrogen-bond acceptors (Lipinski definition) is 5. The Bertz CT molecular complexity index is 659. The first kappa shape index (κ1) is 15.3. The number of carbonyl (C=O) groups excluding carboxylic acids is 1. The van der Waals surface area contributed by atoms with Crippen molar-refractivity contribution in [3.05, 3.63) is 34.8 Å². The summed E-state index contributed by atoms with van der Waals surface area (Å²) in [5.41, 5.74) is 1.03. The van der Waals surface area contributed by atoms with Crippen molar-refractivity contribution in [2.24, 2.45) is 0 Å². The van der Waals surface area contributed by atoms with E-state index in [-0.39, 0.29) is 16.7 Å². The molecule has 0 fully saturated rings. The van der Waals surface area contributed by atoms with Gasteiger partial charge in [0.25, 0.3) is 5.91 Å². The number of benzene rings is 1. The molecule has 1 aromatic heterocycles. The molecule has 0 saturated heterocycles. The lowest BCUT2D eigenvalue weighted by Crippen LogP contribution is -2.14. The standard InChI is InChI=1S/C15H18N2O3S/c1-15(2,3)12-8-21-14(16-12)17-13(19)10-6-5-9(20-4)7-11(10)18/h5-8,18H,1-4H3,(H,16,17,19). The summed E-state index contributed by atoms with van der Waals surface area (Å²) in [5, 5.41) is 15.0. The first-order chi connectivity index (χ1) is 9.81. The number of carbonyl (C=O) groups is 1. The molecule has 2 aromatic rings. The summed E-state index contributed by atoms with van der Waals surface area (Å²) in [6.45, 7) is 6.18. The lowest BCUT2D eigenvalue weighted by molar-refractivity contribution is 0.102. The van der Waals surface area contributed by atoms with Gasteiger partial charge in [0.05, 0.1) is 18.4 Å².